The van der Waals surface area contributed by atoms with Crippen LogP contribution in [0.3, 0.4) is 0 Å². The lowest BCUT2D eigenvalue weighted by molar-refractivity contribution is 0.202. The average Bonchev–Trinajstić information content (AvgIpc) is 2.75. The lowest BCUT2D eigenvalue weighted by atomic mass is 9.96. The van der Waals surface area contributed by atoms with Crippen LogP contribution in [0.15, 0.2) is 0 Å². The standard InChI is InChI=1S/C15H23NO2/c1-9-10(2)15-13(11(3)14(9)17)8-12(18-15)6-7-16(4)5/h12,17H,6-8H2,1-5H3/t12-/m1/s1. The number of nitrogens with zero attached hydrogens (tertiary/aromatic N) is 1. The monoisotopic (exact) mass is 249 g/mol. The minimum absolute atomic E-state index is 0.251. The van der Waals surface area contributed by atoms with E-state index in [1.54, 1.807) is 0 Å². The van der Waals surface area contributed by atoms with Gasteiger partial charge in [0.1, 0.15) is 17.6 Å². The lowest BCUT2D eigenvalue weighted by Crippen LogP contribution is -2.22. The van der Waals surface area contributed by atoms with E-state index in [2.05, 4.69) is 19.0 Å². The van der Waals surface area contributed by atoms with E-state index >= 15 is 0 Å². The van der Waals surface area contributed by atoms with Crippen molar-refractivity contribution in [3.63, 3.8) is 0 Å². The number of rotatable bonds is 3. The smallest absolute Gasteiger partial charge is 0.126 e. The van der Waals surface area contributed by atoms with E-state index in [1.165, 1.54) is 5.56 Å². The number of aromatic hydroxyl groups is 1. The van der Waals surface area contributed by atoms with Crippen molar-refractivity contribution in [2.75, 3.05) is 20.6 Å². The van der Waals surface area contributed by atoms with Crippen LogP contribution in [0.1, 0.15) is 28.7 Å². The molecule has 0 saturated carbocycles. The Kier molecular flexibility index (Phi) is 3.53. The molecule has 3 heteroatoms. The van der Waals surface area contributed by atoms with Crippen molar-refractivity contribution in [2.45, 2.75) is 39.7 Å². The van der Waals surface area contributed by atoms with E-state index in [1.807, 2.05) is 20.8 Å². The number of fused-ring (bicyclic) bond motifs is 1. The second kappa shape index (κ2) is 4.81. The molecule has 0 aromatic heterocycles. The van der Waals surface area contributed by atoms with Crippen molar-refractivity contribution in [1.29, 1.82) is 0 Å². The molecule has 0 saturated heterocycles. The fraction of sp³-hybridized carbons (Fsp3) is 0.600. The van der Waals surface area contributed by atoms with E-state index in [9.17, 15) is 5.11 Å². The summed E-state index contributed by atoms with van der Waals surface area (Å²) in [7, 11) is 4.16. The molecule has 1 atom stereocenters. The van der Waals surface area contributed by atoms with Crippen LogP contribution in [0.5, 0.6) is 11.5 Å². The first-order valence-electron chi connectivity index (χ1n) is 6.54. The van der Waals surface area contributed by atoms with E-state index in [0.717, 1.165) is 41.8 Å². The van der Waals surface area contributed by atoms with Crippen molar-refractivity contribution >= 4 is 0 Å². The first kappa shape index (κ1) is 13.2. The fourth-order valence-electron chi connectivity index (χ4n) is 2.57. The normalized spacial score (nSPS) is 18.0. The minimum Gasteiger partial charge on any atom is -0.507 e. The first-order chi connectivity index (χ1) is 8.41. The molecule has 0 unspecified atom stereocenters. The van der Waals surface area contributed by atoms with Crippen LogP contribution >= 0.6 is 0 Å². The van der Waals surface area contributed by atoms with Crippen LogP contribution in [0, 0.1) is 20.8 Å². The largest absolute Gasteiger partial charge is 0.507 e. The molecule has 0 fully saturated rings. The second-order valence-electron chi connectivity index (χ2n) is 5.57. The summed E-state index contributed by atoms with van der Waals surface area (Å²) in [5, 5.41) is 10.1. The van der Waals surface area contributed by atoms with E-state index < -0.39 is 0 Å². The van der Waals surface area contributed by atoms with Gasteiger partial charge in [-0.15, -0.1) is 0 Å². The molecule has 0 bridgehead atoms. The number of ether oxygens (including phenoxy) is 1. The molecule has 0 radical (unpaired) electrons. The van der Waals surface area contributed by atoms with Gasteiger partial charge in [0.15, 0.2) is 0 Å². The first-order valence-corrected chi connectivity index (χ1v) is 6.54. The Morgan fingerprint density at radius 3 is 2.44 bits per heavy atom. The number of benzene rings is 1. The summed E-state index contributed by atoms with van der Waals surface area (Å²) in [5.74, 6) is 1.44. The number of phenolic OH excluding ortho intramolecular Hbond substituents is 1. The summed E-state index contributed by atoms with van der Waals surface area (Å²) in [4.78, 5) is 2.18. The average molecular weight is 249 g/mol. The van der Waals surface area contributed by atoms with Crippen LogP contribution in [-0.4, -0.2) is 36.8 Å². The van der Waals surface area contributed by atoms with Crippen LogP contribution in [0.25, 0.3) is 0 Å². The third kappa shape index (κ3) is 2.19. The van der Waals surface area contributed by atoms with Crippen LogP contribution in [0.4, 0.5) is 0 Å². The predicted octanol–water partition coefficient (Wildman–Crippen LogP) is 2.57. The van der Waals surface area contributed by atoms with Gasteiger partial charge in [-0.25, -0.2) is 0 Å². The fourth-order valence-corrected chi connectivity index (χ4v) is 2.57. The molecular formula is C15H23NO2. The third-order valence-corrected chi connectivity index (χ3v) is 3.95. The Labute approximate surface area is 109 Å². The number of phenols is 1. The summed E-state index contributed by atoms with van der Waals surface area (Å²) in [5.41, 5.74) is 4.21. The van der Waals surface area contributed by atoms with Gasteiger partial charge in [-0.05, 0) is 58.0 Å². The molecule has 18 heavy (non-hydrogen) atoms. The highest BCUT2D eigenvalue weighted by Crippen LogP contribution is 2.42. The molecule has 1 aliphatic rings. The number of hydrogen-bond acceptors (Lipinski definition) is 3. The van der Waals surface area contributed by atoms with Crippen LogP contribution in [0.2, 0.25) is 0 Å². The summed E-state index contributed by atoms with van der Waals surface area (Å²) in [6, 6.07) is 0. The van der Waals surface area contributed by atoms with Gasteiger partial charge in [0.2, 0.25) is 0 Å². The minimum atomic E-state index is 0.251. The molecule has 1 N–H and O–H groups in total. The van der Waals surface area contributed by atoms with E-state index in [0.29, 0.717) is 5.75 Å². The van der Waals surface area contributed by atoms with Crippen molar-refractivity contribution in [2.24, 2.45) is 0 Å². The topological polar surface area (TPSA) is 32.7 Å². The highest BCUT2D eigenvalue weighted by Gasteiger charge is 2.28. The third-order valence-electron chi connectivity index (χ3n) is 3.95. The molecule has 100 valence electrons. The van der Waals surface area contributed by atoms with Gasteiger partial charge in [-0.1, -0.05) is 0 Å². The summed E-state index contributed by atoms with van der Waals surface area (Å²) >= 11 is 0. The lowest BCUT2D eigenvalue weighted by Gasteiger charge is -2.15. The highest BCUT2D eigenvalue weighted by atomic mass is 16.5. The summed E-state index contributed by atoms with van der Waals surface area (Å²) in [6.07, 6.45) is 2.20. The van der Waals surface area contributed by atoms with Crippen LogP contribution < -0.4 is 4.74 Å². The van der Waals surface area contributed by atoms with Gasteiger partial charge in [-0.3, -0.25) is 0 Å². The molecular weight excluding hydrogens is 226 g/mol. The van der Waals surface area contributed by atoms with Gasteiger partial charge >= 0.3 is 0 Å². The van der Waals surface area contributed by atoms with Gasteiger partial charge in [0.05, 0.1) is 0 Å². The molecule has 3 nitrogen and oxygen atoms in total. The molecule has 1 aromatic carbocycles. The van der Waals surface area contributed by atoms with E-state index in [-0.39, 0.29) is 6.10 Å². The second-order valence-corrected chi connectivity index (χ2v) is 5.57. The van der Waals surface area contributed by atoms with Gasteiger partial charge < -0.3 is 14.7 Å². The van der Waals surface area contributed by atoms with Gasteiger partial charge in [0.25, 0.3) is 0 Å². The molecule has 0 spiro atoms. The molecule has 2 rings (SSSR count). The maximum absolute atomic E-state index is 10.1. The molecule has 1 heterocycles. The van der Waals surface area contributed by atoms with Gasteiger partial charge in [0, 0.05) is 18.5 Å². The Balaban J connectivity index is 2.24. The Bertz CT molecular complexity index is 429. The Morgan fingerprint density at radius 1 is 1.17 bits per heavy atom. The Hall–Kier alpha value is -1.22. The van der Waals surface area contributed by atoms with Crippen molar-refractivity contribution < 1.29 is 9.84 Å². The van der Waals surface area contributed by atoms with Crippen LogP contribution in [-0.2, 0) is 6.42 Å². The zero-order valence-electron chi connectivity index (χ0n) is 12.0. The van der Waals surface area contributed by atoms with Crippen molar-refractivity contribution in [3.8, 4) is 11.5 Å². The summed E-state index contributed by atoms with van der Waals surface area (Å²) < 4.78 is 6.07. The SMILES string of the molecule is Cc1c(C)c2c(c(C)c1O)C[C@@H](CCN(C)C)O2. The van der Waals surface area contributed by atoms with E-state index in [4.69, 9.17) is 4.74 Å². The molecule has 0 aliphatic carbocycles. The Morgan fingerprint density at radius 2 is 1.83 bits per heavy atom. The highest BCUT2D eigenvalue weighted by molar-refractivity contribution is 5.59. The quantitative estimate of drug-likeness (QED) is 0.893. The van der Waals surface area contributed by atoms with Crippen molar-refractivity contribution in [1.82, 2.24) is 4.90 Å². The molecule has 0 amide bonds. The zero-order valence-corrected chi connectivity index (χ0v) is 12.0. The predicted molar refractivity (Wildman–Crippen MR) is 73.6 cm³/mol. The number of hydrogen-bond donors (Lipinski definition) is 1. The molecule has 1 aromatic rings. The maximum atomic E-state index is 10.1. The summed E-state index contributed by atoms with van der Waals surface area (Å²) in [6.45, 7) is 7.00. The maximum Gasteiger partial charge on any atom is 0.126 e. The van der Waals surface area contributed by atoms with Gasteiger partial charge in [-0.2, -0.15) is 0 Å². The molecule has 1 aliphatic heterocycles. The van der Waals surface area contributed by atoms with Crippen molar-refractivity contribution in [3.05, 3.63) is 22.3 Å². The zero-order chi connectivity index (χ0) is 13.4.